The van der Waals surface area contributed by atoms with Gasteiger partial charge in [0.15, 0.2) is 18.2 Å². The van der Waals surface area contributed by atoms with E-state index in [9.17, 15) is 9.50 Å². The average molecular weight is 313 g/mol. The van der Waals surface area contributed by atoms with E-state index in [0.717, 1.165) is 0 Å². The van der Waals surface area contributed by atoms with Gasteiger partial charge >= 0.3 is 7.48 Å². The van der Waals surface area contributed by atoms with Crippen LogP contribution in [0.25, 0.3) is 0 Å². The monoisotopic (exact) mass is 312 g/mol. The van der Waals surface area contributed by atoms with E-state index >= 15 is 0 Å². The van der Waals surface area contributed by atoms with Crippen LogP contribution in [0.4, 0.5) is 4.39 Å². The maximum atomic E-state index is 13.9. The van der Waals surface area contributed by atoms with E-state index in [1.807, 2.05) is 0 Å². The third kappa shape index (κ3) is 4.34. The van der Waals surface area contributed by atoms with Gasteiger partial charge in [-0.3, -0.25) is 0 Å². The first kappa shape index (κ1) is 17.8. The molecule has 1 rings (SSSR count). The number of nitriles is 1. The summed E-state index contributed by atoms with van der Waals surface area (Å²) in [6.07, 6.45) is 0. The van der Waals surface area contributed by atoms with Crippen LogP contribution in [-0.2, 0) is 4.65 Å². The smallest absolute Gasteiger partial charge is 0.332 e. The summed E-state index contributed by atoms with van der Waals surface area (Å²) in [5.74, 6) is -0.856. The van der Waals surface area contributed by atoms with E-state index < -0.39 is 17.0 Å². The van der Waals surface area contributed by atoms with Crippen molar-refractivity contribution in [2.75, 3.05) is 6.61 Å². The van der Waals surface area contributed by atoms with Crippen LogP contribution in [0.2, 0.25) is 5.02 Å². The van der Waals surface area contributed by atoms with E-state index in [-0.39, 0.29) is 17.4 Å². The zero-order valence-electron chi connectivity index (χ0n) is 12.4. The molecule has 0 heterocycles. The molecule has 0 fully saturated rings. The number of halogens is 2. The molecule has 0 aromatic heterocycles. The molecular weight excluding hydrogens is 295 g/mol. The lowest BCUT2D eigenvalue weighted by Crippen LogP contribution is -2.49. The first-order valence-corrected chi connectivity index (χ1v) is 6.69. The lowest BCUT2D eigenvalue weighted by Gasteiger charge is -2.37. The Balaban J connectivity index is 2.87. The Morgan fingerprint density at radius 1 is 1.38 bits per heavy atom. The van der Waals surface area contributed by atoms with Crippen LogP contribution in [-0.4, -0.2) is 30.4 Å². The molecule has 0 saturated heterocycles. The molecule has 21 heavy (non-hydrogen) atoms. The van der Waals surface area contributed by atoms with Crippen molar-refractivity contribution >= 4 is 24.5 Å². The zero-order valence-corrected chi connectivity index (χ0v) is 13.2. The topological polar surface area (TPSA) is 62.5 Å². The van der Waals surface area contributed by atoms with Crippen molar-refractivity contribution < 1.29 is 18.9 Å². The number of benzene rings is 1. The summed E-state index contributed by atoms with van der Waals surface area (Å²) in [5, 5.41) is 18.2. The van der Waals surface area contributed by atoms with E-state index in [1.54, 1.807) is 33.8 Å². The summed E-state index contributed by atoms with van der Waals surface area (Å²) in [6.45, 7) is 6.37. The second-order valence-electron chi connectivity index (χ2n) is 5.53. The summed E-state index contributed by atoms with van der Waals surface area (Å²) in [6, 6.07) is 4.63. The molecule has 1 radical (unpaired) electrons. The second-order valence-corrected chi connectivity index (χ2v) is 5.91. The summed E-state index contributed by atoms with van der Waals surface area (Å²) < 4.78 is 24.4. The highest BCUT2D eigenvalue weighted by Gasteiger charge is 2.36. The molecule has 0 spiro atoms. The molecule has 0 aliphatic heterocycles. The van der Waals surface area contributed by atoms with Crippen molar-refractivity contribution in [3.63, 3.8) is 0 Å². The second kappa shape index (κ2) is 6.65. The number of hydrogen-bond acceptors (Lipinski definition) is 4. The molecule has 4 nitrogen and oxygen atoms in total. The quantitative estimate of drug-likeness (QED) is 0.818. The van der Waals surface area contributed by atoms with Crippen LogP contribution in [0.15, 0.2) is 12.1 Å². The molecule has 0 bridgehead atoms. The van der Waals surface area contributed by atoms with Crippen molar-refractivity contribution in [3.8, 4) is 11.8 Å². The van der Waals surface area contributed by atoms with Crippen LogP contribution in [0.3, 0.4) is 0 Å². The molecule has 1 aromatic rings. The molecule has 0 aliphatic rings. The van der Waals surface area contributed by atoms with E-state index in [1.165, 1.54) is 19.6 Å². The Morgan fingerprint density at radius 2 is 2.00 bits per heavy atom. The van der Waals surface area contributed by atoms with Crippen molar-refractivity contribution in [3.05, 3.63) is 23.0 Å². The maximum Gasteiger partial charge on any atom is 0.332 e. The fourth-order valence-electron chi connectivity index (χ4n) is 1.21. The van der Waals surface area contributed by atoms with Crippen LogP contribution in [0.1, 0.15) is 27.7 Å². The standard InChI is InChI=1S/C14H17BClFNO3/c1-13(2,19)14(3,4)21-15-9-5-6-10(20-8-7-18)12(17)11(9)16/h5-6,19H,8H2,1-4H3. The van der Waals surface area contributed by atoms with Crippen molar-refractivity contribution in [2.45, 2.75) is 38.9 Å². The van der Waals surface area contributed by atoms with Gasteiger partial charge in [0, 0.05) is 0 Å². The van der Waals surface area contributed by atoms with Gasteiger partial charge in [-0.1, -0.05) is 17.7 Å². The highest BCUT2D eigenvalue weighted by atomic mass is 35.5. The first-order chi connectivity index (χ1) is 9.60. The van der Waals surface area contributed by atoms with Crippen LogP contribution < -0.4 is 10.2 Å². The Morgan fingerprint density at radius 3 is 2.52 bits per heavy atom. The lowest BCUT2D eigenvalue weighted by atomic mass is 9.82. The van der Waals surface area contributed by atoms with Crippen molar-refractivity contribution in [2.24, 2.45) is 0 Å². The van der Waals surface area contributed by atoms with Gasteiger partial charge in [-0.15, -0.1) is 0 Å². The Kier molecular flexibility index (Phi) is 5.63. The molecule has 7 heteroatoms. The van der Waals surface area contributed by atoms with Gasteiger partial charge in [0.1, 0.15) is 6.07 Å². The van der Waals surface area contributed by atoms with Gasteiger partial charge < -0.3 is 14.5 Å². The Hall–Kier alpha value is -1.29. The number of rotatable bonds is 6. The van der Waals surface area contributed by atoms with Gasteiger partial charge in [0.25, 0.3) is 0 Å². The fraction of sp³-hybridized carbons (Fsp3) is 0.500. The molecule has 0 aliphatic carbocycles. The van der Waals surface area contributed by atoms with Gasteiger partial charge in [-0.05, 0) is 39.2 Å². The average Bonchev–Trinajstić information content (AvgIpc) is 2.38. The number of hydrogen-bond donors (Lipinski definition) is 1. The first-order valence-electron chi connectivity index (χ1n) is 6.31. The molecule has 0 atom stereocenters. The molecule has 1 aromatic carbocycles. The summed E-state index contributed by atoms with van der Waals surface area (Å²) >= 11 is 5.91. The van der Waals surface area contributed by atoms with Crippen LogP contribution in [0, 0.1) is 17.1 Å². The summed E-state index contributed by atoms with van der Waals surface area (Å²) in [7, 11) is 1.29. The third-order valence-corrected chi connectivity index (χ3v) is 3.71. The van der Waals surface area contributed by atoms with Gasteiger partial charge in [-0.2, -0.15) is 5.26 Å². The van der Waals surface area contributed by atoms with E-state index in [4.69, 9.17) is 26.3 Å². The van der Waals surface area contributed by atoms with Crippen molar-refractivity contribution in [1.82, 2.24) is 0 Å². The molecule has 113 valence electrons. The van der Waals surface area contributed by atoms with Gasteiger partial charge in [-0.25, -0.2) is 4.39 Å². The van der Waals surface area contributed by atoms with Gasteiger partial charge in [0.2, 0.25) is 0 Å². The van der Waals surface area contributed by atoms with E-state index in [0.29, 0.717) is 5.46 Å². The normalized spacial score (nSPS) is 11.9. The molecule has 0 amide bonds. The third-order valence-electron chi connectivity index (χ3n) is 3.32. The van der Waals surface area contributed by atoms with Crippen LogP contribution in [0.5, 0.6) is 5.75 Å². The minimum absolute atomic E-state index is 0.0968. The fourth-order valence-corrected chi connectivity index (χ4v) is 1.41. The largest absolute Gasteiger partial charge is 0.476 e. The van der Waals surface area contributed by atoms with E-state index in [2.05, 4.69) is 0 Å². The zero-order chi connectivity index (χ0) is 16.3. The SMILES string of the molecule is CC(C)(O)C(C)(C)O[B]c1ccc(OCC#N)c(F)c1Cl. The highest BCUT2D eigenvalue weighted by Crippen LogP contribution is 2.26. The number of ether oxygens (including phenoxy) is 1. The predicted molar refractivity (Wildman–Crippen MR) is 79.4 cm³/mol. The van der Waals surface area contributed by atoms with Crippen molar-refractivity contribution in [1.29, 1.82) is 5.26 Å². The summed E-state index contributed by atoms with van der Waals surface area (Å²) in [5.41, 5.74) is -1.66. The minimum Gasteiger partial charge on any atom is -0.476 e. The van der Waals surface area contributed by atoms with Gasteiger partial charge in [0.05, 0.1) is 16.2 Å². The number of aliphatic hydroxyl groups is 1. The molecule has 1 N–H and O–H groups in total. The Bertz CT molecular complexity index is 552. The molecule has 0 saturated carbocycles. The van der Waals surface area contributed by atoms with Crippen LogP contribution >= 0.6 is 11.6 Å². The predicted octanol–water partition coefficient (Wildman–Crippen LogP) is 2.19. The lowest BCUT2D eigenvalue weighted by molar-refractivity contribution is -0.0893. The highest BCUT2D eigenvalue weighted by molar-refractivity contribution is 6.53. The Labute approximate surface area is 129 Å². The summed E-state index contributed by atoms with van der Waals surface area (Å²) in [4.78, 5) is 0. The number of nitrogens with zero attached hydrogens (tertiary/aromatic N) is 1. The molecular formula is C14H17BClFNO3. The molecule has 0 unspecified atom stereocenters. The maximum absolute atomic E-state index is 13.9. The minimum atomic E-state index is -1.09.